The second-order valence-corrected chi connectivity index (χ2v) is 12.2. The van der Waals surface area contributed by atoms with Crippen molar-refractivity contribution in [1.82, 2.24) is 29.4 Å². The molecule has 0 unspecified atom stereocenters. The van der Waals surface area contributed by atoms with Crippen molar-refractivity contribution in [3.63, 3.8) is 0 Å². The van der Waals surface area contributed by atoms with E-state index in [-0.39, 0.29) is 22.2 Å². The number of amides is 1. The van der Waals surface area contributed by atoms with Gasteiger partial charge in [0.1, 0.15) is 28.8 Å². The molecule has 0 aliphatic carbocycles. The lowest BCUT2D eigenvalue weighted by Gasteiger charge is -2.47. The smallest absolute Gasteiger partial charge is 0.337 e. The van der Waals surface area contributed by atoms with Crippen LogP contribution < -0.4 is 4.90 Å². The van der Waals surface area contributed by atoms with Crippen molar-refractivity contribution in [2.24, 2.45) is 0 Å². The Morgan fingerprint density at radius 2 is 1.80 bits per heavy atom. The number of carbonyl (C=O) groups excluding carboxylic acids is 1. The molecule has 1 aromatic carbocycles. The number of piperazine rings is 1. The lowest BCUT2D eigenvalue weighted by atomic mass is 9.97. The predicted octanol–water partition coefficient (Wildman–Crippen LogP) is 5.79. The van der Waals surface area contributed by atoms with Gasteiger partial charge in [-0.3, -0.25) is 4.79 Å². The zero-order valence-corrected chi connectivity index (χ0v) is 26.0. The topological polar surface area (TPSA) is 117 Å². The van der Waals surface area contributed by atoms with Crippen LogP contribution in [0.1, 0.15) is 51.8 Å². The number of carboxylic acids is 1. The van der Waals surface area contributed by atoms with Gasteiger partial charge in [-0.05, 0) is 75.2 Å². The largest absolute Gasteiger partial charge is 0.478 e. The summed E-state index contributed by atoms with van der Waals surface area (Å²) in [6, 6.07) is 11.7. The molecule has 1 N–H and O–H groups in total. The van der Waals surface area contributed by atoms with Crippen molar-refractivity contribution in [3.05, 3.63) is 100 Å². The minimum Gasteiger partial charge on any atom is -0.478 e. The second-order valence-electron chi connectivity index (χ2n) is 11.8. The molecule has 1 amide bonds. The van der Waals surface area contributed by atoms with E-state index >= 15 is 0 Å². The van der Waals surface area contributed by atoms with Crippen LogP contribution in [0.2, 0.25) is 5.02 Å². The summed E-state index contributed by atoms with van der Waals surface area (Å²) in [5.74, 6) is -0.498. The number of hydrogen-bond acceptors (Lipinski definition) is 7. The van der Waals surface area contributed by atoms with Crippen LogP contribution in [0, 0.1) is 19.7 Å². The number of aryl methyl sites for hydroxylation is 2. The van der Waals surface area contributed by atoms with E-state index in [1.54, 1.807) is 50.5 Å². The highest BCUT2D eigenvalue weighted by molar-refractivity contribution is 6.30. The van der Waals surface area contributed by atoms with E-state index in [9.17, 15) is 19.1 Å². The summed E-state index contributed by atoms with van der Waals surface area (Å²) in [6.45, 7) is 9.17. The van der Waals surface area contributed by atoms with Gasteiger partial charge < -0.3 is 19.5 Å². The molecule has 1 aliphatic heterocycles. The lowest BCUT2D eigenvalue weighted by Crippen LogP contribution is -2.61. The van der Waals surface area contributed by atoms with Gasteiger partial charge >= 0.3 is 5.97 Å². The summed E-state index contributed by atoms with van der Waals surface area (Å²) in [7, 11) is 0. The quantitative estimate of drug-likeness (QED) is 0.252. The molecule has 0 atom stereocenters. The Hall–Kier alpha value is -4.90. The molecular weight excluding hydrogens is 597 g/mol. The van der Waals surface area contributed by atoms with E-state index in [1.165, 1.54) is 12.1 Å². The molecule has 6 rings (SSSR count). The van der Waals surface area contributed by atoms with Crippen LogP contribution in [0.15, 0.2) is 61.1 Å². The number of hydrogen-bond donors (Lipinski definition) is 1. The molecule has 0 bridgehead atoms. The summed E-state index contributed by atoms with van der Waals surface area (Å²) in [4.78, 5) is 47.7. The summed E-state index contributed by atoms with van der Waals surface area (Å²) >= 11 is 5.95. The normalized spacial score (nSPS) is 14.6. The Bertz CT molecular complexity index is 1940. The summed E-state index contributed by atoms with van der Waals surface area (Å²) in [5.41, 5.74) is 2.91. The zero-order chi connectivity index (χ0) is 32.0. The molecule has 0 saturated carbocycles. The van der Waals surface area contributed by atoms with Gasteiger partial charge in [0.15, 0.2) is 0 Å². The fourth-order valence-corrected chi connectivity index (χ4v) is 6.14. The molecule has 5 aromatic rings. The van der Waals surface area contributed by atoms with E-state index in [1.807, 2.05) is 35.6 Å². The molecular formula is C33H31ClFN7O3. The van der Waals surface area contributed by atoms with Crippen LogP contribution in [0.4, 0.5) is 10.2 Å². The third kappa shape index (κ3) is 5.71. The van der Waals surface area contributed by atoms with Crippen molar-refractivity contribution < 1.29 is 19.1 Å². The molecule has 4 aromatic heterocycles. The number of aromatic nitrogens is 5. The van der Waals surface area contributed by atoms with E-state index in [2.05, 4.69) is 19.9 Å². The van der Waals surface area contributed by atoms with Gasteiger partial charge in [-0.25, -0.2) is 29.1 Å². The summed E-state index contributed by atoms with van der Waals surface area (Å²) in [6.07, 6.45) is 5.18. The molecule has 5 heterocycles. The van der Waals surface area contributed by atoms with Gasteiger partial charge in [-0.2, -0.15) is 0 Å². The SMILES string of the molecule is Cc1cc(N2CCN(C(=O)c3ccc4c(-c5ccc(Cl)c(F)c5)cn(Cc5ncccn5)c4n3)C(C)(C)C2)nc(C)c1C(=O)O. The molecule has 1 saturated heterocycles. The van der Waals surface area contributed by atoms with Gasteiger partial charge in [0.2, 0.25) is 0 Å². The lowest BCUT2D eigenvalue weighted by molar-refractivity contribution is 0.0507. The molecule has 0 radical (unpaired) electrons. The molecule has 10 nitrogen and oxygen atoms in total. The Morgan fingerprint density at radius 3 is 2.47 bits per heavy atom. The van der Waals surface area contributed by atoms with Gasteiger partial charge in [0, 0.05) is 49.2 Å². The zero-order valence-electron chi connectivity index (χ0n) is 25.3. The van der Waals surface area contributed by atoms with Crippen molar-refractivity contribution in [3.8, 4) is 11.1 Å². The van der Waals surface area contributed by atoms with E-state index < -0.39 is 17.3 Å². The van der Waals surface area contributed by atoms with E-state index in [0.717, 1.165) is 10.9 Å². The average Bonchev–Trinajstić information content (AvgIpc) is 3.35. The van der Waals surface area contributed by atoms with Crippen LogP contribution in [0.5, 0.6) is 0 Å². The number of aromatic carboxylic acids is 1. The number of pyridine rings is 2. The first-order valence-corrected chi connectivity index (χ1v) is 14.8. The highest BCUT2D eigenvalue weighted by Gasteiger charge is 2.38. The fraction of sp³-hybridized carbons (Fsp3) is 0.273. The van der Waals surface area contributed by atoms with Gasteiger partial charge in [0.25, 0.3) is 5.91 Å². The highest BCUT2D eigenvalue weighted by Crippen LogP contribution is 2.33. The Morgan fingerprint density at radius 1 is 1.04 bits per heavy atom. The van der Waals surface area contributed by atoms with Gasteiger partial charge in [0.05, 0.1) is 28.4 Å². The maximum atomic E-state index is 14.4. The summed E-state index contributed by atoms with van der Waals surface area (Å²) in [5, 5.41) is 10.3. The van der Waals surface area contributed by atoms with E-state index in [4.69, 9.17) is 16.6 Å². The predicted molar refractivity (Wildman–Crippen MR) is 169 cm³/mol. The Labute approximate surface area is 264 Å². The van der Waals surface area contributed by atoms with Crippen molar-refractivity contribution in [1.29, 1.82) is 0 Å². The standard InChI is InChI=1S/C33H31ClFN7O3/c1-19-14-28(38-20(2)29(19)32(44)45)40-12-13-42(33(3,4)18-40)31(43)26-9-7-22-23(21-6-8-24(34)25(35)15-21)16-41(30(22)39-26)17-27-36-10-5-11-37-27/h5-11,14-16H,12-13,17-18H2,1-4H3,(H,44,45). The molecule has 230 valence electrons. The third-order valence-corrected chi connectivity index (χ3v) is 8.48. The van der Waals surface area contributed by atoms with Crippen molar-refractivity contribution in [2.45, 2.75) is 39.8 Å². The number of nitrogens with zero attached hydrogens (tertiary/aromatic N) is 7. The number of carboxylic acid groups (broad SMARTS) is 1. The minimum absolute atomic E-state index is 0.0345. The monoisotopic (exact) mass is 627 g/mol. The maximum absolute atomic E-state index is 14.4. The number of rotatable bonds is 6. The second kappa shape index (κ2) is 11.6. The number of benzene rings is 1. The number of halogens is 2. The molecule has 45 heavy (non-hydrogen) atoms. The van der Waals surface area contributed by atoms with Gasteiger partial charge in [-0.1, -0.05) is 17.7 Å². The van der Waals surface area contributed by atoms with Crippen LogP contribution in [-0.2, 0) is 6.54 Å². The summed E-state index contributed by atoms with van der Waals surface area (Å²) < 4.78 is 16.3. The third-order valence-electron chi connectivity index (χ3n) is 8.17. The number of fused-ring (bicyclic) bond motifs is 1. The first kappa shape index (κ1) is 30.1. The van der Waals surface area contributed by atoms with E-state index in [0.29, 0.717) is 60.3 Å². The minimum atomic E-state index is -1.00. The van der Waals surface area contributed by atoms with Crippen LogP contribution in [0.25, 0.3) is 22.2 Å². The molecule has 12 heteroatoms. The highest BCUT2D eigenvalue weighted by atomic mass is 35.5. The van der Waals surface area contributed by atoms with Crippen LogP contribution in [-0.4, -0.2) is 71.6 Å². The van der Waals surface area contributed by atoms with Crippen LogP contribution in [0.3, 0.4) is 0 Å². The Balaban J connectivity index is 1.33. The maximum Gasteiger partial charge on any atom is 0.337 e. The first-order chi connectivity index (χ1) is 21.4. The van der Waals surface area contributed by atoms with Crippen molar-refractivity contribution in [2.75, 3.05) is 24.5 Å². The van der Waals surface area contributed by atoms with Gasteiger partial charge in [-0.15, -0.1) is 0 Å². The van der Waals surface area contributed by atoms with Crippen molar-refractivity contribution >= 4 is 40.3 Å². The molecule has 0 spiro atoms. The van der Waals surface area contributed by atoms with Crippen LogP contribution >= 0.6 is 11.6 Å². The fourth-order valence-electron chi connectivity index (χ4n) is 6.02. The molecule has 1 fully saturated rings. The average molecular weight is 628 g/mol. The number of anilines is 1. The first-order valence-electron chi connectivity index (χ1n) is 14.4. The number of carbonyl (C=O) groups is 2. The Kier molecular flexibility index (Phi) is 7.74. The molecule has 1 aliphatic rings.